The van der Waals surface area contributed by atoms with Gasteiger partial charge in [0.1, 0.15) is 11.6 Å². The van der Waals surface area contributed by atoms with Crippen molar-refractivity contribution in [3.05, 3.63) is 66.9 Å². The maximum absolute atomic E-state index is 11.7. The van der Waals surface area contributed by atoms with Crippen LogP contribution in [0.1, 0.15) is 5.56 Å². The van der Waals surface area contributed by atoms with Crippen molar-refractivity contribution < 1.29 is 17.9 Å². The Kier molecular flexibility index (Phi) is 7.39. The van der Waals surface area contributed by atoms with Gasteiger partial charge in [0.15, 0.2) is 9.84 Å². The van der Waals surface area contributed by atoms with Crippen LogP contribution in [0.4, 0.5) is 34.5 Å². The normalized spacial score (nSPS) is 14.6. The Morgan fingerprint density at radius 2 is 1.86 bits per heavy atom. The molecule has 2 aromatic carbocycles. The van der Waals surface area contributed by atoms with Crippen molar-refractivity contribution in [3.63, 3.8) is 0 Å². The Morgan fingerprint density at radius 3 is 2.58 bits per heavy atom. The Morgan fingerprint density at radius 1 is 1.11 bits per heavy atom. The summed E-state index contributed by atoms with van der Waals surface area (Å²) >= 11 is 0. The lowest BCUT2D eigenvalue weighted by atomic mass is 10.2. The first kappa shape index (κ1) is 25.0. The highest BCUT2D eigenvalue weighted by atomic mass is 32.2. The molecule has 1 fully saturated rings. The molecule has 2 heterocycles. The van der Waals surface area contributed by atoms with Crippen LogP contribution in [0.2, 0.25) is 0 Å². The minimum absolute atomic E-state index is 0.145. The van der Waals surface area contributed by atoms with Crippen LogP contribution in [0.3, 0.4) is 0 Å². The van der Waals surface area contributed by atoms with Crippen molar-refractivity contribution in [3.8, 4) is 5.75 Å². The molecule has 188 valence electrons. The van der Waals surface area contributed by atoms with Gasteiger partial charge in [-0.2, -0.15) is 4.98 Å². The first-order valence-corrected chi connectivity index (χ1v) is 13.1. The standard InChI is InChI=1S/C25H28N6O4S/c1-4-23(32)27-18-6-5-7-19(14-18)28-24-17(2)16-26-25(30-24)29-21-9-8-20(15-22(21)35-3)31-10-12-36(33,34)13-11-31/h4-9,14-16H,1,10-13H2,2-3H3,(H,27,32)(H2,26,28,29,30). The van der Waals surface area contributed by atoms with Gasteiger partial charge in [0, 0.05) is 48.0 Å². The zero-order valence-electron chi connectivity index (χ0n) is 20.1. The van der Waals surface area contributed by atoms with Crippen molar-refractivity contribution in [1.29, 1.82) is 0 Å². The highest BCUT2D eigenvalue weighted by molar-refractivity contribution is 7.91. The van der Waals surface area contributed by atoms with Crippen molar-refractivity contribution in [2.75, 3.05) is 52.6 Å². The number of sulfone groups is 1. The second-order valence-electron chi connectivity index (χ2n) is 8.27. The first-order valence-electron chi connectivity index (χ1n) is 11.3. The van der Waals surface area contributed by atoms with Gasteiger partial charge in [0.05, 0.1) is 24.3 Å². The molecule has 0 aliphatic carbocycles. The summed E-state index contributed by atoms with van der Waals surface area (Å²) in [4.78, 5) is 22.6. The summed E-state index contributed by atoms with van der Waals surface area (Å²) in [5.41, 5.74) is 3.78. The number of carbonyl (C=O) groups excluding carboxylic acids is 1. The van der Waals surface area contributed by atoms with Crippen molar-refractivity contribution in [1.82, 2.24) is 9.97 Å². The average molecular weight is 509 g/mol. The molecular formula is C25H28N6O4S. The molecule has 0 atom stereocenters. The van der Waals surface area contributed by atoms with E-state index in [1.165, 1.54) is 6.08 Å². The number of amides is 1. The molecule has 36 heavy (non-hydrogen) atoms. The molecule has 0 bridgehead atoms. The number of hydrogen-bond donors (Lipinski definition) is 3. The molecule has 3 N–H and O–H groups in total. The summed E-state index contributed by atoms with van der Waals surface area (Å²) in [6.07, 6.45) is 2.92. The smallest absolute Gasteiger partial charge is 0.247 e. The van der Waals surface area contributed by atoms with Crippen LogP contribution >= 0.6 is 0 Å². The Hall–Kier alpha value is -4.12. The molecule has 1 aliphatic heterocycles. The number of nitrogens with zero attached hydrogens (tertiary/aromatic N) is 3. The maximum atomic E-state index is 11.7. The maximum Gasteiger partial charge on any atom is 0.247 e. The molecule has 0 spiro atoms. The van der Waals surface area contributed by atoms with Crippen molar-refractivity contribution in [2.45, 2.75) is 6.92 Å². The zero-order chi connectivity index (χ0) is 25.7. The number of aromatic nitrogens is 2. The van der Waals surface area contributed by atoms with E-state index in [-0.39, 0.29) is 17.4 Å². The van der Waals surface area contributed by atoms with Gasteiger partial charge >= 0.3 is 0 Å². The van der Waals surface area contributed by atoms with Gasteiger partial charge in [-0.1, -0.05) is 12.6 Å². The third-order valence-electron chi connectivity index (χ3n) is 5.69. The van der Waals surface area contributed by atoms with Gasteiger partial charge in [-0.3, -0.25) is 4.79 Å². The fraction of sp³-hybridized carbons (Fsp3) is 0.240. The van der Waals surface area contributed by atoms with Crippen molar-refractivity contribution in [2.24, 2.45) is 0 Å². The predicted octanol–water partition coefficient (Wildman–Crippen LogP) is 3.64. The molecule has 1 aliphatic rings. The average Bonchev–Trinajstić information content (AvgIpc) is 2.86. The molecule has 0 radical (unpaired) electrons. The van der Waals surface area contributed by atoms with E-state index >= 15 is 0 Å². The van der Waals surface area contributed by atoms with E-state index in [1.807, 2.05) is 42.2 Å². The van der Waals surface area contributed by atoms with Crippen molar-refractivity contribution >= 4 is 50.3 Å². The van der Waals surface area contributed by atoms with E-state index in [4.69, 9.17) is 4.74 Å². The number of rotatable bonds is 8. The predicted molar refractivity (Wildman–Crippen MR) is 142 cm³/mol. The molecule has 1 aromatic heterocycles. The Labute approximate surface area is 210 Å². The molecule has 10 nitrogen and oxygen atoms in total. The molecule has 0 saturated carbocycles. The van der Waals surface area contributed by atoms with Gasteiger partial charge in [0.25, 0.3) is 0 Å². The fourth-order valence-corrected chi connectivity index (χ4v) is 4.91. The fourth-order valence-electron chi connectivity index (χ4n) is 3.70. The quantitative estimate of drug-likeness (QED) is 0.391. The summed E-state index contributed by atoms with van der Waals surface area (Å²) < 4.78 is 29.1. The van der Waals surface area contributed by atoms with Gasteiger partial charge < -0.3 is 25.6 Å². The second kappa shape index (κ2) is 10.6. The van der Waals surface area contributed by atoms with Crippen LogP contribution in [0.25, 0.3) is 0 Å². The van der Waals surface area contributed by atoms with Crippen LogP contribution < -0.4 is 25.6 Å². The second-order valence-corrected chi connectivity index (χ2v) is 10.6. The van der Waals surface area contributed by atoms with E-state index in [0.29, 0.717) is 42.0 Å². The molecule has 4 rings (SSSR count). The van der Waals surface area contributed by atoms with Crippen LogP contribution in [-0.4, -0.2) is 56.0 Å². The van der Waals surface area contributed by atoms with Crippen LogP contribution in [-0.2, 0) is 14.6 Å². The lowest BCUT2D eigenvalue weighted by Crippen LogP contribution is -2.40. The molecule has 3 aromatic rings. The molecule has 1 saturated heterocycles. The molecule has 11 heteroatoms. The van der Waals surface area contributed by atoms with E-state index in [2.05, 4.69) is 32.5 Å². The highest BCUT2D eigenvalue weighted by Gasteiger charge is 2.22. The monoisotopic (exact) mass is 508 g/mol. The summed E-state index contributed by atoms with van der Waals surface area (Å²) in [6, 6.07) is 12.9. The van der Waals surface area contributed by atoms with E-state index in [9.17, 15) is 13.2 Å². The summed E-state index contributed by atoms with van der Waals surface area (Å²) in [6.45, 7) is 6.26. The number of hydrogen-bond acceptors (Lipinski definition) is 9. The van der Waals surface area contributed by atoms with Gasteiger partial charge in [-0.05, 0) is 43.3 Å². The number of nitrogens with one attached hydrogen (secondary N) is 3. The van der Waals surface area contributed by atoms with E-state index in [0.717, 1.165) is 16.9 Å². The summed E-state index contributed by atoms with van der Waals surface area (Å²) in [5, 5.41) is 9.19. The Balaban J connectivity index is 1.51. The topological polar surface area (TPSA) is 126 Å². The largest absolute Gasteiger partial charge is 0.494 e. The van der Waals surface area contributed by atoms with Crippen LogP contribution in [0.15, 0.2) is 61.3 Å². The number of benzene rings is 2. The number of methoxy groups -OCH3 is 1. The van der Waals surface area contributed by atoms with Gasteiger partial charge in [-0.15, -0.1) is 0 Å². The molecular weight excluding hydrogens is 480 g/mol. The summed E-state index contributed by atoms with van der Waals surface area (Å²) in [5.74, 6) is 1.56. The SMILES string of the molecule is C=CC(=O)Nc1cccc(Nc2nc(Nc3ccc(N4CCS(=O)(=O)CC4)cc3OC)ncc2C)c1. The van der Waals surface area contributed by atoms with Crippen LogP contribution in [0, 0.1) is 6.92 Å². The number of carbonyl (C=O) groups is 1. The van der Waals surface area contributed by atoms with Gasteiger partial charge in [0.2, 0.25) is 11.9 Å². The van der Waals surface area contributed by atoms with E-state index in [1.54, 1.807) is 25.4 Å². The molecule has 0 unspecified atom stereocenters. The number of aryl methyl sites for hydroxylation is 1. The molecule has 1 amide bonds. The van der Waals surface area contributed by atoms with Crippen LogP contribution in [0.5, 0.6) is 5.75 Å². The van der Waals surface area contributed by atoms with E-state index < -0.39 is 9.84 Å². The lowest BCUT2D eigenvalue weighted by molar-refractivity contribution is -0.111. The van der Waals surface area contributed by atoms with Gasteiger partial charge in [-0.25, -0.2) is 13.4 Å². The minimum atomic E-state index is -2.96. The zero-order valence-corrected chi connectivity index (χ0v) is 20.9. The first-order chi connectivity index (χ1) is 17.3. The number of ether oxygens (including phenoxy) is 1. The minimum Gasteiger partial charge on any atom is -0.494 e. The summed E-state index contributed by atoms with van der Waals surface area (Å²) in [7, 11) is -1.38. The highest BCUT2D eigenvalue weighted by Crippen LogP contribution is 2.32. The number of anilines is 6. The third-order valence-corrected chi connectivity index (χ3v) is 7.30. The lowest BCUT2D eigenvalue weighted by Gasteiger charge is -2.29. The third kappa shape index (κ3) is 6.11. The Bertz CT molecular complexity index is 1380.